The molecule has 1 aromatic heterocycles. The molecule has 3 aromatic rings. The molecule has 0 aliphatic heterocycles. The highest BCUT2D eigenvalue weighted by Crippen LogP contribution is 2.32. The fraction of sp³-hybridized carbons (Fsp3) is 0.333. The van der Waals surface area contributed by atoms with E-state index in [9.17, 15) is 9.59 Å². The summed E-state index contributed by atoms with van der Waals surface area (Å²) < 4.78 is 21.2. The van der Waals surface area contributed by atoms with Gasteiger partial charge in [0.1, 0.15) is 0 Å². The summed E-state index contributed by atoms with van der Waals surface area (Å²) >= 11 is 1.36. The molecule has 0 fully saturated rings. The third kappa shape index (κ3) is 6.13. The molecule has 33 heavy (non-hydrogen) atoms. The van der Waals surface area contributed by atoms with Gasteiger partial charge >= 0.3 is 5.97 Å². The van der Waals surface area contributed by atoms with E-state index < -0.39 is 11.4 Å². The summed E-state index contributed by atoms with van der Waals surface area (Å²) in [6, 6.07) is 12.4. The Bertz CT molecular complexity index is 1140. The molecule has 174 valence electrons. The van der Waals surface area contributed by atoms with Crippen LogP contribution in [0.5, 0.6) is 11.5 Å². The van der Waals surface area contributed by atoms with E-state index in [4.69, 9.17) is 18.7 Å². The molecule has 0 amide bonds. The summed E-state index contributed by atoms with van der Waals surface area (Å²) in [7, 11) is 3.12. The second-order valence-electron chi connectivity index (χ2n) is 8.12. The van der Waals surface area contributed by atoms with Crippen LogP contribution in [-0.2, 0) is 15.3 Å². The van der Waals surface area contributed by atoms with Gasteiger partial charge in [0, 0.05) is 15.9 Å². The number of Topliss-reactive ketones (excluding diaryl/α,β-unsaturated/α-hetero) is 1. The van der Waals surface area contributed by atoms with Crippen molar-refractivity contribution in [2.75, 3.05) is 20.8 Å². The minimum absolute atomic E-state index is 0.144. The zero-order chi connectivity index (χ0) is 24.0. The van der Waals surface area contributed by atoms with Crippen LogP contribution in [0.25, 0.3) is 11.4 Å². The molecule has 0 aliphatic rings. The fourth-order valence-electron chi connectivity index (χ4n) is 2.73. The Labute approximate surface area is 196 Å². The smallest absolute Gasteiger partial charge is 0.339 e. The van der Waals surface area contributed by atoms with Crippen LogP contribution in [0, 0.1) is 5.41 Å². The van der Waals surface area contributed by atoms with Crippen molar-refractivity contribution in [3.8, 4) is 22.9 Å². The van der Waals surface area contributed by atoms with Crippen LogP contribution >= 0.6 is 11.8 Å². The van der Waals surface area contributed by atoms with Gasteiger partial charge in [-0.1, -0.05) is 38.1 Å². The summed E-state index contributed by atoms with van der Waals surface area (Å²) in [6.07, 6.45) is 0. The first kappa shape index (κ1) is 24.3. The average Bonchev–Trinajstić information content (AvgIpc) is 3.29. The van der Waals surface area contributed by atoms with Gasteiger partial charge in [0.05, 0.1) is 25.5 Å². The van der Waals surface area contributed by atoms with Crippen molar-refractivity contribution in [3.05, 3.63) is 53.9 Å². The van der Waals surface area contributed by atoms with Crippen LogP contribution in [0.1, 0.15) is 37.0 Å². The summed E-state index contributed by atoms with van der Waals surface area (Å²) in [5, 5.41) is 4.03. The van der Waals surface area contributed by atoms with E-state index in [2.05, 4.69) is 10.1 Å². The maximum absolute atomic E-state index is 12.5. The van der Waals surface area contributed by atoms with Crippen molar-refractivity contribution in [1.82, 2.24) is 10.1 Å². The Morgan fingerprint density at radius 2 is 1.76 bits per heavy atom. The first-order chi connectivity index (χ1) is 15.7. The second kappa shape index (κ2) is 10.5. The van der Waals surface area contributed by atoms with Crippen molar-refractivity contribution in [3.63, 3.8) is 0 Å². The molecule has 0 saturated heterocycles. The molecule has 0 radical (unpaired) electrons. The van der Waals surface area contributed by atoms with E-state index in [0.717, 1.165) is 5.56 Å². The molecular weight excluding hydrogens is 444 g/mol. The molecule has 8 nitrogen and oxygen atoms in total. The fourth-order valence-corrected chi connectivity index (χ4v) is 3.61. The minimum Gasteiger partial charge on any atom is -0.493 e. The SMILES string of the molecule is COc1ccc(-c2noc(CSc3ccccc3C(=O)OCC(=O)C(C)(C)C)n2)cc1OC. The number of esters is 1. The standard InChI is InChI=1S/C24H26N2O6S/c1-24(2,3)20(27)13-31-23(28)16-8-6-7-9-19(16)33-14-21-25-22(26-32-21)15-10-11-17(29-4)18(12-15)30-5/h6-12H,13-14H2,1-5H3. The lowest BCUT2D eigenvalue weighted by Gasteiger charge is -2.16. The summed E-state index contributed by atoms with van der Waals surface area (Å²) in [4.78, 5) is 29.7. The van der Waals surface area contributed by atoms with Gasteiger partial charge in [-0.2, -0.15) is 4.98 Å². The van der Waals surface area contributed by atoms with Gasteiger partial charge in [-0.15, -0.1) is 11.8 Å². The number of thioether (sulfide) groups is 1. The molecule has 0 unspecified atom stereocenters. The normalized spacial score (nSPS) is 11.2. The van der Waals surface area contributed by atoms with Crippen LogP contribution in [0.4, 0.5) is 0 Å². The lowest BCUT2D eigenvalue weighted by Crippen LogP contribution is -2.26. The Kier molecular flexibility index (Phi) is 7.75. The van der Waals surface area contributed by atoms with E-state index in [1.54, 1.807) is 65.3 Å². The summed E-state index contributed by atoms with van der Waals surface area (Å²) in [5.41, 5.74) is 0.530. The molecule has 0 saturated carbocycles. The Morgan fingerprint density at radius 1 is 1.03 bits per heavy atom. The van der Waals surface area contributed by atoms with Crippen LogP contribution in [0.15, 0.2) is 51.9 Å². The maximum atomic E-state index is 12.5. The van der Waals surface area contributed by atoms with Gasteiger partial charge in [0.15, 0.2) is 23.9 Å². The van der Waals surface area contributed by atoms with Crippen LogP contribution in [-0.4, -0.2) is 42.7 Å². The maximum Gasteiger partial charge on any atom is 0.339 e. The number of ketones is 1. The molecule has 1 heterocycles. The zero-order valence-corrected chi connectivity index (χ0v) is 20.0. The van der Waals surface area contributed by atoms with Crippen LogP contribution in [0.2, 0.25) is 0 Å². The van der Waals surface area contributed by atoms with Crippen LogP contribution in [0.3, 0.4) is 0 Å². The molecule has 0 atom stereocenters. The molecule has 9 heteroatoms. The lowest BCUT2D eigenvalue weighted by atomic mass is 9.91. The van der Waals surface area contributed by atoms with Gasteiger partial charge < -0.3 is 18.7 Å². The van der Waals surface area contributed by atoms with E-state index in [-0.39, 0.29) is 12.4 Å². The second-order valence-corrected chi connectivity index (χ2v) is 9.13. The third-order valence-corrected chi connectivity index (χ3v) is 5.80. The molecule has 0 aliphatic carbocycles. The first-order valence-corrected chi connectivity index (χ1v) is 11.2. The van der Waals surface area contributed by atoms with Crippen molar-refractivity contribution >= 4 is 23.5 Å². The highest BCUT2D eigenvalue weighted by atomic mass is 32.2. The largest absolute Gasteiger partial charge is 0.493 e. The number of hydrogen-bond donors (Lipinski definition) is 0. The molecule has 0 spiro atoms. The molecular formula is C24H26N2O6S. The summed E-state index contributed by atoms with van der Waals surface area (Å²) in [5.74, 6) is 1.64. The number of benzene rings is 2. The minimum atomic E-state index is -0.571. The number of methoxy groups -OCH3 is 2. The van der Waals surface area contributed by atoms with Crippen molar-refractivity contribution in [2.45, 2.75) is 31.4 Å². The highest BCUT2D eigenvalue weighted by Gasteiger charge is 2.23. The van der Waals surface area contributed by atoms with Gasteiger partial charge in [0.25, 0.3) is 0 Å². The van der Waals surface area contributed by atoms with Crippen molar-refractivity contribution in [2.24, 2.45) is 5.41 Å². The molecule has 0 N–H and O–H groups in total. The van der Waals surface area contributed by atoms with Gasteiger partial charge in [-0.25, -0.2) is 4.79 Å². The number of nitrogens with zero attached hydrogens (tertiary/aromatic N) is 2. The van der Waals surface area contributed by atoms with Crippen molar-refractivity contribution < 1.29 is 28.3 Å². The molecule has 0 bridgehead atoms. The average molecular weight is 471 g/mol. The van der Waals surface area contributed by atoms with Gasteiger partial charge in [-0.3, -0.25) is 4.79 Å². The number of rotatable bonds is 9. The van der Waals surface area contributed by atoms with E-state index in [1.807, 2.05) is 12.1 Å². The van der Waals surface area contributed by atoms with E-state index >= 15 is 0 Å². The van der Waals surface area contributed by atoms with Gasteiger partial charge in [0.2, 0.25) is 11.7 Å². The predicted octanol–water partition coefficient (Wildman–Crippen LogP) is 4.82. The number of ether oxygens (including phenoxy) is 3. The number of carbonyl (C=O) groups is 2. The zero-order valence-electron chi connectivity index (χ0n) is 19.2. The van der Waals surface area contributed by atoms with Crippen LogP contribution < -0.4 is 9.47 Å². The highest BCUT2D eigenvalue weighted by molar-refractivity contribution is 7.98. The predicted molar refractivity (Wildman–Crippen MR) is 124 cm³/mol. The van der Waals surface area contributed by atoms with E-state index in [1.165, 1.54) is 11.8 Å². The number of aromatic nitrogens is 2. The lowest BCUT2D eigenvalue weighted by molar-refractivity contribution is -0.129. The Balaban J connectivity index is 1.68. The van der Waals surface area contributed by atoms with Crippen molar-refractivity contribution in [1.29, 1.82) is 0 Å². The topological polar surface area (TPSA) is 101 Å². The Hall–Kier alpha value is -3.33. The molecule has 3 rings (SSSR count). The summed E-state index contributed by atoms with van der Waals surface area (Å²) in [6.45, 7) is 5.09. The number of hydrogen-bond acceptors (Lipinski definition) is 9. The Morgan fingerprint density at radius 3 is 2.45 bits per heavy atom. The third-order valence-electron chi connectivity index (χ3n) is 4.74. The quantitative estimate of drug-likeness (QED) is 0.322. The first-order valence-electron chi connectivity index (χ1n) is 10.2. The number of carbonyl (C=O) groups excluding carboxylic acids is 2. The van der Waals surface area contributed by atoms with Gasteiger partial charge in [-0.05, 0) is 30.3 Å². The molecule has 2 aromatic carbocycles. The van der Waals surface area contributed by atoms with E-state index in [0.29, 0.717) is 39.4 Å². The monoisotopic (exact) mass is 470 g/mol.